The SMILES string of the molecule is CN(CCNC(=O)OCOP(=O)(OC(C)(C)C)OC(C)(C)C)C(=O)OCc1ccccc1. The maximum absolute atomic E-state index is 12.8. The third-order valence-corrected chi connectivity index (χ3v) is 5.37. The van der Waals surface area contributed by atoms with E-state index in [4.69, 9.17) is 23.0 Å². The number of benzene rings is 1. The molecular weight excluding hydrogens is 439 g/mol. The Balaban J connectivity index is 2.35. The highest BCUT2D eigenvalue weighted by Crippen LogP contribution is 2.55. The Bertz CT molecular complexity index is 754. The van der Waals surface area contributed by atoms with Gasteiger partial charge >= 0.3 is 20.0 Å². The van der Waals surface area contributed by atoms with E-state index in [1.807, 2.05) is 30.3 Å². The Kier molecular flexibility index (Phi) is 10.6. The van der Waals surface area contributed by atoms with Crippen LogP contribution in [0.2, 0.25) is 0 Å². The summed E-state index contributed by atoms with van der Waals surface area (Å²) < 4.78 is 38.9. The fourth-order valence-corrected chi connectivity index (χ4v) is 3.85. The summed E-state index contributed by atoms with van der Waals surface area (Å²) in [6, 6.07) is 9.29. The quantitative estimate of drug-likeness (QED) is 0.384. The zero-order valence-corrected chi connectivity index (χ0v) is 20.8. The van der Waals surface area contributed by atoms with Crippen molar-refractivity contribution >= 4 is 20.0 Å². The molecule has 2 amide bonds. The number of hydrogen-bond acceptors (Lipinski definition) is 8. The van der Waals surface area contributed by atoms with Crippen LogP contribution in [-0.2, 0) is 34.2 Å². The number of carbonyl (C=O) groups excluding carboxylic acids is 2. The molecule has 0 unspecified atom stereocenters. The van der Waals surface area contributed by atoms with E-state index in [1.165, 1.54) is 4.90 Å². The van der Waals surface area contributed by atoms with Gasteiger partial charge in [0.25, 0.3) is 0 Å². The normalized spacial score (nSPS) is 12.2. The molecule has 11 heteroatoms. The van der Waals surface area contributed by atoms with E-state index in [0.717, 1.165) is 5.56 Å². The van der Waals surface area contributed by atoms with Gasteiger partial charge in [0.2, 0.25) is 6.79 Å². The number of nitrogens with one attached hydrogen (secondary N) is 1. The summed E-state index contributed by atoms with van der Waals surface area (Å²) in [5.41, 5.74) is -0.731. The Morgan fingerprint density at radius 1 is 0.969 bits per heavy atom. The van der Waals surface area contributed by atoms with Crippen LogP contribution in [0.25, 0.3) is 0 Å². The van der Waals surface area contributed by atoms with E-state index in [0.29, 0.717) is 0 Å². The van der Waals surface area contributed by atoms with Gasteiger partial charge in [-0.05, 0) is 47.1 Å². The van der Waals surface area contributed by atoms with E-state index < -0.39 is 38.0 Å². The Hall–Kier alpha value is -2.13. The highest BCUT2D eigenvalue weighted by Gasteiger charge is 2.37. The van der Waals surface area contributed by atoms with Crippen LogP contribution in [0.15, 0.2) is 30.3 Å². The zero-order valence-electron chi connectivity index (χ0n) is 19.9. The summed E-state index contributed by atoms with van der Waals surface area (Å²) in [6.45, 7) is 10.0. The molecule has 0 aliphatic rings. The molecule has 0 radical (unpaired) electrons. The van der Waals surface area contributed by atoms with E-state index in [2.05, 4.69) is 5.32 Å². The molecule has 32 heavy (non-hydrogen) atoms. The molecular formula is C21H35N2O8P. The van der Waals surface area contributed by atoms with Crippen molar-refractivity contribution in [3.05, 3.63) is 35.9 Å². The first kappa shape index (κ1) is 27.9. The summed E-state index contributed by atoms with van der Waals surface area (Å²) in [5.74, 6) is 0. The number of phosphoric acid groups is 1. The lowest BCUT2D eigenvalue weighted by molar-refractivity contribution is -0.0286. The van der Waals surface area contributed by atoms with E-state index in [-0.39, 0.29) is 19.7 Å². The van der Waals surface area contributed by atoms with Crippen molar-refractivity contribution in [1.82, 2.24) is 10.2 Å². The lowest BCUT2D eigenvalue weighted by Crippen LogP contribution is -2.36. The fraction of sp³-hybridized carbons (Fsp3) is 0.619. The topological polar surface area (TPSA) is 113 Å². The number of ether oxygens (including phenoxy) is 2. The predicted molar refractivity (Wildman–Crippen MR) is 119 cm³/mol. The number of rotatable bonds is 10. The van der Waals surface area contributed by atoms with Crippen LogP contribution in [0.5, 0.6) is 0 Å². The second-order valence-electron chi connectivity index (χ2n) is 8.92. The highest BCUT2D eigenvalue weighted by molar-refractivity contribution is 7.48. The van der Waals surface area contributed by atoms with Crippen LogP contribution in [0.1, 0.15) is 47.1 Å². The average molecular weight is 474 g/mol. The molecule has 0 heterocycles. The lowest BCUT2D eigenvalue weighted by atomic mass is 10.2. The number of amides is 2. The van der Waals surface area contributed by atoms with Crippen LogP contribution in [0, 0.1) is 0 Å². The fourth-order valence-electron chi connectivity index (χ4n) is 2.18. The molecule has 0 saturated heterocycles. The molecule has 1 rings (SSSR count). The minimum Gasteiger partial charge on any atom is -0.445 e. The van der Waals surface area contributed by atoms with Gasteiger partial charge in [0.1, 0.15) is 6.61 Å². The van der Waals surface area contributed by atoms with Crippen LogP contribution >= 0.6 is 7.82 Å². The van der Waals surface area contributed by atoms with Crippen LogP contribution < -0.4 is 5.32 Å². The molecule has 1 N–H and O–H groups in total. The van der Waals surface area contributed by atoms with Gasteiger partial charge in [0.15, 0.2) is 0 Å². The average Bonchev–Trinajstić information content (AvgIpc) is 2.63. The van der Waals surface area contributed by atoms with E-state index in [9.17, 15) is 14.2 Å². The molecule has 1 aromatic carbocycles. The van der Waals surface area contributed by atoms with E-state index >= 15 is 0 Å². The minimum absolute atomic E-state index is 0.115. The van der Waals surface area contributed by atoms with Gasteiger partial charge in [0, 0.05) is 20.1 Å². The molecule has 1 aromatic rings. The second-order valence-corrected chi connectivity index (χ2v) is 10.4. The highest BCUT2D eigenvalue weighted by atomic mass is 31.2. The summed E-state index contributed by atoms with van der Waals surface area (Å²) in [7, 11) is -2.43. The molecule has 0 aliphatic carbocycles. The molecule has 0 fully saturated rings. The van der Waals surface area contributed by atoms with Gasteiger partial charge in [-0.15, -0.1) is 0 Å². The first-order valence-corrected chi connectivity index (χ1v) is 11.6. The van der Waals surface area contributed by atoms with Crippen molar-refractivity contribution in [3.8, 4) is 0 Å². The molecule has 0 aromatic heterocycles. The monoisotopic (exact) mass is 474 g/mol. The van der Waals surface area contributed by atoms with Gasteiger partial charge in [-0.25, -0.2) is 18.7 Å². The Labute approximate surface area is 190 Å². The largest absolute Gasteiger partial charge is 0.478 e. The number of phosphoric ester groups is 1. The van der Waals surface area contributed by atoms with Gasteiger partial charge in [0.05, 0.1) is 11.2 Å². The molecule has 182 valence electrons. The summed E-state index contributed by atoms with van der Waals surface area (Å²) in [5, 5.41) is 2.46. The smallest absolute Gasteiger partial charge is 0.445 e. The molecule has 10 nitrogen and oxygen atoms in total. The predicted octanol–water partition coefficient (Wildman–Crippen LogP) is 4.69. The number of nitrogens with zero attached hydrogens (tertiary/aromatic N) is 1. The number of alkyl carbamates (subject to hydrolysis) is 1. The number of likely N-dealkylation sites (N-methyl/N-ethyl adjacent to an activating group) is 1. The maximum Gasteiger partial charge on any atom is 0.478 e. The van der Waals surface area contributed by atoms with Crippen molar-refractivity contribution in [3.63, 3.8) is 0 Å². The molecule has 0 saturated carbocycles. The first-order chi connectivity index (χ1) is 14.7. The third kappa shape index (κ3) is 12.7. The standard InChI is InChI=1S/C21H35N2O8P/c1-20(2,3)30-32(26,31-21(4,5)6)29-16-28-18(24)22-13-14-23(7)19(25)27-15-17-11-9-8-10-12-17/h8-12H,13-16H2,1-7H3,(H,22,24). The van der Waals surface area contributed by atoms with Gasteiger partial charge in [-0.1, -0.05) is 30.3 Å². The summed E-state index contributed by atoms with van der Waals surface area (Å²) in [4.78, 5) is 25.1. The van der Waals surface area contributed by atoms with Crippen LogP contribution in [0.3, 0.4) is 0 Å². The zero-order chi connectivity index (χ0) is 24.4. The number of carbonyl (C=O) groups is 2. The van der Waals surface area contributed by atoms with Crippen molar-refractivity contribution in [2.24, 2.45) is 0 Å². The molecule has 0 spiro atoms. The first-order valence-electron chi connectivity index (χ1n) is 10.2. The molecule has 0 aliphatic heterocycles. The Morgan fingerprint density at radius 2 is 1.53 bits per heavy atom. The number of hydrogen-bond donors (Lipinski definition) is 1. The van der Waals surface area contributed by atoms with Gasteiger partial charge in [-0.2, -0.15) is 0 Å². The molecule has 0 atom stereocenters. The van der Waals surface area contributed by atoms with Crippen molar-refractivity contribution in [2.75, 3.05) is 26.9 Å². The Morgan fingerprint density at radius 3 is 2.06 bits per heavy atom. The third-order valence-electron chi connectivity index (χ3n) is 3.41. The van der Waals surface area contributed by atoms with Crippen LogP contribution in [-0.4, -0.2) is 55.2 Å². The van der Waals surface area contributed by atoms with Gasteiger partial charge < -0.3 is 19.7 Å². The summed E-state index contributed by atoms with van der Waals surface area (Å²) >= 11 is 0. The second kappa shape index (κ2) is 12.2. The minimum atomic E-state index is -3.98. The van der Waals surface area contributed by atoms with Crippen LogP contribution in [0.4, 0.5) is 9.59 Å². The molecule has 0 bridgehead atoms. The van der Waals surface area contributed by atoms with E-state index in [1.54, 1.807) is 48.6 Å². The van der Waals surface area contributed by atoms with Gasteiger partial charge in [-0.3, -0.25) is 9.05 Å². The summed E-state index contributed by atoms with van der Waals surface area (Å²) in [6.07, 6.45) is -1.33. The maximum atomic E-state index is 12.8. The van der Waals surface area contributed by atoms with Crippen molar-refractivity contribution in [1.29, 1.82) is 0 Å². The van der Waals surface area contributed by atoms with Crippen molar-refractivity contribution < 1.29 is 37.2 Å². The lowest BCUT2D eigenvalue weighted by Gasteiger charge is -2.30. The van der Waals surface area contributed by atoms with Crippen molar-refractivity contribution in [2.45, 2.75) is 59.4 Å².